The lowest BCUT2D eigenvalue weighted by molar-refractivity contribution is 0.280. The van der Waals surface area contributed by atoms with E-state index in [0.717, 1.165) is 5.56 Å². The maximum atomic E-state index is 13.8. The average molecular weight is 428 g/mol. The van der Waals surface area contributed by atoms with Crippen molar-refractivity contribution in [2.24, 2.45) is 0 Å². The summed E-state index contributed by atoms with van der Waals surface area (Å²) in [7, 11) is 1.49. The number of allylic oxidation sites excluding steroid dienone is 1. The first-order valence-corrected chi connectivity index (χ1v) is 9.39. The lowest BCUT2D eigenvalue weighted by atomic mass is 10.0. The highest BCUT2D eigenvalue weighted by Gasteiger charge is 2.13. The summed E-state index contributed by atoms with van der Waals surface area (Å²) in [5, 5.41) is 10.4. The van der Waals surface area contributed by atoms with Gasteiger partial charge in [0, 0.05) is 10.6 Å². The third kappa shape index (κ3) is 5.08. The highest BCUT2D eigenvalue weighted by molar-refractivity contribution is 6.32. The zero-order valence-electron chi connectivity index (χ0n) is 15.5. The molecule has 0 heterocycles. The van der Waals surface area contributed by atoms with Crippen LogP contribution in [-0.4, -0.2) is 7.11 Å². The van der Waals surface area contributed by atoms with Crippen molar-refractivity contribution >= 4 is 34.9 Å². The molecule has 3 rings (SSSR count). The van der Waals surface area contributed by atoms with Gasteiger partial charge in [-0.15, -0.1) is 0 Å². The van der Waals surface area contributed by atoms with Gasteiger partial charge in [-0.05, 0) is 47.5 Å². The summed E-state index contributed by atoms with van der Waals surface area (Å²) >= 11 is 12.3. The highest BCUT2D eigenvalue weighted by Crippen LogP contribution is 2.38. The molecular formula is C23H16Cl2FNO2. The van der Waals surface area contributed by atoms with Crippen LogP contribution in [0.15, 0.2) is 60.7 Å². The third-order valence-electron chi connectivity index (χ3n) is 4.17. The van der Waals surface area contributed by atoms with Crippen LogP contribution in [0.2, 0.25) is 10.0 Å². The van der Waals surface area contributed by atoms with Crippen molar-refractivity contribution in [2.45, 2.75) is 6.61 Å². The molecule has 0 amide bonds. The molecule has 0 unspecified atom stereocenters. The number of methoxy groups -OCH3 is 1. The topological polar surface area (TPSA) is 42.2 Å². The Morgan fingerprint density at radius 3 is 2.48 bits per heavy atom. The number of benzene rings is 3. The van der Waals surface area contributed by atoms with E-state index in [1.165, 1.54) is 13.2 Å². The van der Waals surface area contributed by atoms with Crippen LogP contribution in [-0.2, 0) is 6.61 Å². The van der Waals surface area contributed by atoms with Crippen molar-refractivity contribution in [3.63, 3.8) is 0 Å². The second kappa shape index (κ2) is 9.47. The standard InChI is InChI=1S/C23H16Cl2FNO2/c1-28-22-12-15(10-18(13-27)16-6-8-19(24)9-7-16)11-20(25)23(22)29-14-17-4-2-3-5-21(17)26/h2-12H,14H2,1H3/b18-10+. The maximum Gasteiger partial charge on any atom is 0.180 e. The van der Waals surface area contributed by atoms with Gasteiger partial charge in [0.05, 0.1) is 23.8 Å². The van der Waals surface area contributed by atoms with Crippen molar-refractivity contribution in [2.75, 3.05) is 7.11 Å². The quantitative estimate of drug-likeness (QED) is 0.321. The largest absolute Gasteiger partial charge is 0.493 e. The van der Waals surface area contributed by atoms with Crippen molar-refractivity contribution < 1.29 is 13.9 Å². The second-order valence-corrected chi connectivity index (χ2v) is 6.93. The van der Waals surface area contributed by atoms with Gasteiger partial charge in [-0.3, -0.25) is 0 Å². The van der Waals surface area contributed by atoms with Gasteiger partial charge >= 0.3 is 0 Å². The SMILES string of the molecule is COc1cc(/C=C(\C#N)c2ccc(Cl)cc2)cc(Cl)c1OCc1ccccc1F. The maximum absolute atomic E-state index is 13.8. The first-order valence-electron chi connectivity index (χ1n) is 8.63. The second-order valence-electron chi connectivity index (χ2n) is 6.09. The van der Waals surface area contributed by atoms with Crippen LogP contribution in [0.5, 0.6) is 11.5 Å². The summed E-state index contributed by atoms with van der Waals surface area (Å²) in [6, 6.07) is 18.9. The first-order chi connectivity index (χ1) is 14.0. The first kappa shape index (κ1) is 20.7. The van der Waals surface area contributed by atoms with Crippen molar-refractivity contribution in [3.05, 3.63) is 93.2 Å². The van der Waals surface area contributed by atoms with E-state index in [1.807, 2.05) is 0 Å². The summed E-state index contributed by atoms with van der Waals surface area (Å²) in [6.07, 6.45) is 1.69. The summed E-state index contributed by atoms with van der Waals surface area (Å²) in [6.45, 7) is 0.00611. The van der Waals surface area contributed by atoms with Gasteiger partial charge in [0.1, 0.15) is 12.4 Å². The van der Waals surface area contributed by atoms with Gasteiger partial charge in [-0.2, -0.15) is 5.26 Å². The van der Waals surface area contributed by atoms with Crippen molar-refractivity contribution in [3.8, 4) is 17.6 Å². The zero-order chi connectivity index (χ0) is 20.8. The van der Waals surface area contributed by atoms with Gasteiger partial charge < -0.3 is 9.47 Å². The van der Waals surface area contributed by atoms with E-state index in [4.69, 9.17) is 32.7 Å². The highest BCUT2D eigenvalue weighted by atomic mass is 35.5. The predicted molar refractivity (Wildman–Crippen MR) is 114 cm³/mol. The molecule has 3 aromatic rings. The van der Waals surface area contributed by atoms with E-state index in [-0.39, 0.29) is 12.4 Å². The van der Waals surface area contributed by atoms with E-state index < -0.39 is 0 Å². The molecule has 0 aromatic heterocycles. The summed E-state index contributed by atoms with van der Waals surface area (Å²) in [5.41, 5.74) is 2.24. The van der Waals surface area contributed by atoms with Crippen LogP contribution < -0.4 is 9.47 Å². The van der Waals surface area contributed by atoms with E-state index in [1.54, 1.807) is 60.7 Å². The number of nitriles is 1. The van der Waals surface area contributed by atoms with Crippen LogP contribution in [0.1, 0.15) is 16.7 Å². The van der Waals surface area contributed by atoms with Gasteiger partial charge in [0.2, 0.25) is 0 Å². The molecule has 3 aromatic carbocycles. The fourth-order valence-corrected chi connectivity index (χ4v) is 3.10. The molecule has 0 spiro atoms. The Hall–Kier alpha value is -3.00. The van der Waals surface area contributed by atoms with E-state index in [9.17, 15) is 9.65 Å². The van der Waals surface area contributed by atoms with Crippen LogP contribution >= 0.6 is 23.2 Å². The number of hydrogen-bond donors (Lipinski definition) is 0. The van der Waals surface area contributed by atoms with Crippen LogP contribution in [0.3, 0.4) is 0 Å². The van der Waals surface area contributed by atoms with E-state index in [2.05, 4.69) is 6.07 Å². The molecule has 0 bridgehead atoms. The molecule has 0 N–H and O–H groups in total. The number of hydrogen-bond acceptors (Lipinski definition) is 3. The molecule has 3 nitrogen and oxygen atoms in total. The zero-order valence-corrected chi connectivity index (χ0v) is 17.0. The number of ether oxygens (including phenoxy) is 2. The molecule has 0 atom stereocenters. The Morgan fingerprint density at radius 1 is 1.10 bits per heavy atom. The lowest BCUT2D eigenvalue weighted by Crippen LogP contribution is -2.01. The predicted octanol–water partition coefficient (Wildman–Crippen LogP) is 6.78. The average Bonchev–Trinajstić information content (AvgIpc) is 2.72. The van der Waals surface area contributed by atoms with Crippen LogP contribution in [0.4, 0.5) is 4.39 Å². The smallest absolute Gasteiger partial charge is 0.180 e. The monoisotopic (exact) mass is 427 g/mol. The Balaban J connectivity index is 1.90. The molecule has 146 valence electrons. The van der Waals surface area contributed by atoms with E-state index in [0.29, 0.717) is 38.2 Å². The number of rotatable bonds is 6. The molecule has 0 saturated carbocycles. The molecule has 0 fully saturated rings. The molecule has 29 heavy (non-hydrogen) atoms. The third-order valence-corrected chi connectivity index (χ3v) is 4.70. The number of nitrogens with zero attached hydrogens (tertiary/aromatic N) is 1. The van der Waals surface area contributed by atoms with Crippen LogP contribution in [0, 0.1) is 17.1 Å². The Morgan fingerprint density at radius 2 is 1.83 bits per heavy atom. The van der Waals surface area contributed by atoms with Crippen molar-refractivity contribution in [1.29, 1.82) is 5.26 Å². The Bertz CT molecular complexity index is 1090. The molecule has 0 aliphatic carbocycles. The van der Waals surface area contributed by atoms with Gasteiger partial charge in [-0.25, -0.2) is 4.39 Å². The minimum Gasteiger partial charge on any atom is -0.493 e. The Labute approximate surface area is 178 Å². The summed E-state index contributed by atoms with van der Waals surface area (Å²) in [5.74, 6) is 0.330. The molecular weight excluding hydrogens is 412 g/mol. The molecule has 0 saturated heterocycles. The fourth-order valence-electron chi connectivity index (χ4n) is 2.70. The minimum absolute atomic E-state index is 0.00611. The summed E-state index contributed by atoms with van der Waals surface area (Å²) in [4.78, 5) is 0. The van der Waals surface area contributed by atoms with E-state index >= 15 is 0 Å². The van der Waals surface area contributed by atoms with Crippen LogP contribution in [0.25, 0.3) is 11.6 Å². The fraction of sp³-hybridized carbons (Fsp3) is 0.0870. The molecule has 6 heteroatoms. The van der Waals surface area contributed by atoms with Gasteiger partial charge in [0.25, 0.3) is 0 Å². The summed E-state index contributed by atoms with van der Waals surface area (Å²) < 4.78 is 24.9. The van der Waals surface area contributed by atoms with Gasteiger partial charge in [-0.1, -0.05) is 53.5 Å². The molecule has 0 aliphatic heterocycles. The molecule has 0 aliphatic rings. The molecule has 0 radical (unpaired) electrons. The Kier molecular flexibility index (Phi) is 6.77. The lowest BCUT2D eigenvalue weighted by Gasteiger charge is -2.14. The van der Waals surface area contributed by atoms with Gasteiger partial charge in [0.15, 0.2) is 11.5 Å². The normalized spacial score (nSPS) is 11.1. The van der Waals surface area contributed by atoms with Crippen molar-refractivity contribution in [1.82, 2.24) is 0 Å². The number of halogens is 3. The minimum atomic E-state index is -0.358.